The summed E-state index contributed by atoms with van der Waals surface area (Å²) in [5.74, 6) is -2.22. The Bertz CT molecular complexity index is 1400. The van der Waals surface area contributed by atoms with Crippen LogP contribution in [0.15, 0.2) is 39.5 Å². The van der Waals surface area contributed by atoms with Crippen molar-refractivity contribution in [1.29, 1.82) is 0 Å². The first-order valence-electron chi connectivity index (χ1n) is 12.8. The van der Waals surface area contributed by atoms with Crippen molar-refractivity contribution in [3.8, 4) is 34.3 Å². The standard InChI is InChI=1S/C29H34O11/c1-6-36-15-22(31)38-21-14-20(30)24-25(33)28(39-23(32)16-37-7-2)26(17-8-10-18(35-5)11-9-17)40-27(24)19(21)12-13-29(3,4)34/h8-11,14,30,34H,6-7,12-13,15-16H2,1-5H3. The molecule has 0 fully saturated rings. The van der Waals surface area contributed by atoms with Crippen molar-refractivity contribution in [3.63, 3.8) is 0 Å². The molecule has 0 saturated carbocycles. The van der Waals surface area contributed by atoms with Crippen molar-refractivity contribution in [1.82, 2.24) is 0 Å². The van der Waals surface area contributed by atoms with E-state index in [0.29, 0.717) is 11.3 Å². The molecule has 1 heterocycles. The van der Waals surface area contributed by atoms with Crippen LogP contribution in [-0.4, -0.2) is 61.3 Å². The first kappa shape index (κ1) is 30.6. The predicted octanol–water partition coefficient (Wildman–Crippen LogP) is 3.76. The maximum atomic E-state index is 13.8. The van der Waals surface area contributed by atoms with Crippen LogP contribution in [0.25, 0.3) is 22.3 Å². The van der Waals surface area contributed by atoms with Crippen LogP contribution in [-0.2, 0) is 25.5 Å². The lowest BCUT2D eigenvalue weighted by Gasteiger charge is -2.20. The fourth-order valence-corrected chi connectivity index (χ4v) is 3.81. The first-order chi connectivity index (χ1) is 19.0. The van der Waals surface area contributed by atoms with E-state index in [9.17, 15) is 24.6 Å². The lowest BCUT2D eigenvalue weighted by molar-refractivity contribution is -0.140. The zero-order chi connectivity index (χ0) is 29.4. The molecule has 0 spiro atoms. The molecule has 0 aliphatic carbocycles. The largest absolute Gasteiger partial charge is 0.507 e. The molecule has 2 N–H and O–H groups in total. The SMILES string of the molecule is CCOCC(=O)Oc1cc(O)c2c(=O)c(OC(=O)COCC)c(-c3ccc(OC)cc3)oc2c1CCC(C)(C)O. The van der Waals surface area contributed by atoms with Crippen molar-refractivity contribution >= 4 is 22.9 Å². The summed E-state index contributed by atoms with van der Waals surface area (Å²) in [6, 6.07) is 7.58. The second-order valence-electron chi connectivity index (χ2n) is 9.43. The minimum Gasteiger partial charge on any atom is -0.507 e. The number of carbonyl (C=O) groups excluding carboxylic acids is 2. The van der Waals surface area contributed by atoms with Gasteiger partial charge in [-0.3, -0.25) is 4.79 Å². The normalized spacial score (nSPS) is 11.4. The molecule has 0 amide bonds. The Balaban J connectivity index is 2.31. The van der Waals surface area contributed by atoms with Crippen molar-refractivity contribution in [2.24, 2.45) is 0 Å². The van der Waals surface area contributed by atoms with Gasteiger partial charge >= 0.3 is 11.9 Å². The van der Waals surface area contributed by atoms with Crippen molar-refractivity contribution in [3.05, 3.63) is 46.1 Å². The highest BCUT2D eigenvalue weighted by atomic mass is 16.6. The van der Waals surface area contributed by atoms with Gasteiger partial charge in [0.1, 0.15) is 41.4 Å². The van der Waals surface area contributed by atoms with E-state index in [2.05, 4.69) is 0 Å². The number of rotatable bonds is 13. The highest BCUT2D eigenvalue weighted by Gasteiger charge is 2.28. The number of ether oxygens (including phenoxy) is 5. The molecule has 1 aromatic heterocycles. The van der Waals surface area contributed by atoms with Crippen LogP contribution in [0, 0.1) is 0 Å². The first-order valence-corrected chi connectivity index (χ1v) is 12.8. The minimum absolute atomic E-state index is 0.0659. The molecule has 0 radical (unpaired) electrons. The van der Waals surface area contributed by atoms with E-state index in [-0.39, 0.29) is 60.7 Å². The number of benzene rings is 2. The molecule has 0 bridgehead atoms. The number of aryl methyl sites for hydroxylation is 1. The average Bonchev–Trinajstić information content (AvgIpc) is 2.91. The third kappa shape index (κ3) is 7.59. The van der Waals surface area contributed by atoms with E-state index < -0.39 is 41.1 Å². The van der Waals surface area contributed by atoms with Crippen LogP contribution in [0.4, 0.5) is 0 Å². The van der Waals surface area contributed by atoms with Gasteiger partial charge in [0.05, 0.1) is 12.7 Å². The van der Waals surface area contributed by atoms with Crippen LogP contribution in [0.5, 0.6) is 23.0 Å². The van der Waals surface area contributed by atoms with Crippen molar-refractivity contribution in [2.45, 2.75) is 46.1 Å². The fraction of sp³-hybridized carbons (Fsp3) is 0.414. The number of esters is 2. The Hall–Kier alpha value is -3.93. The van der Waals surface area contributed by atoms with Gasteiger partial charge in [0, 0.05) is 30.4 Å². The maximum Gasteiger partial charge on any atom is 0.337 e. The van der Waals surface area contributed by atoms with Gasteiger partial charge in [-0.15, -0.1) is 0 Å². The molecule has 216 valence electrons. The van der Waals surface area contributed by atoms with Crippen LogP contribution in [0.2, 0.25) is 0 Å². The van der Waals surface area contributed by atoms with Gasteiger partial charge in [-0.25, -0.2) is 9.59 Å². The summed E-state index contributed by atoms with van der Waals surface area (Å²) in [7, 11) is 1.50. The van der Waals surface area contributed by atoms with E-state index >= 15 is 0 Å². The molecule has 0 aliphatic heterocycles. The van der Waals surface area contributed by atoms with Gasteiger partial charge in [-0.1, -0.05) is 0 Å². The number of phenolic OH excluding ortho intramolecular Hbond substituents is 1. The number of methoxy groups -OCH3 is 1. The minimum atomic E-state index is -1.12. The van der Waals surface area contributed by atoms with E-state index in [1.807, 2.05) is 0 Å². The summed E-state index contributed by atoms with van der Waals surface area (Å²) < 4.78 is 32.5. The van der Waals surface area contributed by atoms with Gasteiger partial charge in [0.15, 0.2) is 5.76 Å². The van der Waals surface area contributed by atoms with Gasteiger partial charge in [-0.2, -0.15) is 0 Å². The lowest BCUT2D eigenvalue weighted by Crippen LogP contribution is -2.22. The Morgan fingerprint density at radius 3 is 2.12 bits per heavy atom. The molecular weight excluding hydrogens is 524 g/mol. The van der Waals surface area contributed by atoms with Crippen LogP contribution in [0.3, 0.4) is 0 Å². The Labute approximate surface area is 231 Å². The van der Waals surface area contributed by atoms with Crippen LogP contribution in [0.1, 0.15) is 39.7 Å². The quantitative estimate of drug-likeness (QED) is 0.233. The molecule has 2 aromatic carbocycles. The summed E-state index contributed by atoms with van der Waals surface area (Å²) in [6.07, 6.45) is 0.293. The van der Waals surface area contributed by atoms with Gasteiger partial charge in [0.2, 0.25) is 11.2 Å². The summed E-state index contributed by atoms with van der Waals surface area (Å²) in [5, 5.41) is 21.0. The Morgan fingerprint density at radius 1 is 0.975 bits per heavy atom. The van der Waals surface area contributed by atoms with E-state index in [0.717, 1.165) is 6.07 Å². The van der Waals surface area contributed by atoms with Gasteiger partial charge in [-0.05, 0) is 64.8 Å². The smallest absolute Gasteiger partial charge is 0.337 e. The molecule has 3 rings (SSSR count). The Kier molecular flexibility index (Phi) is 10.3. The molecule has 0 aliphatic rings. The van der Waals surface area contributed by atoms with E-state index in [1.165, 1.54) is 7.11 Å². The van der Waals surface area contributed by atoms with E-state index in [4.69, 9.17) is 28.1 Å². The summed E-state index contributed by atoms with van der Waals surface area (Å²) in [5.41, 5.74) is -1.43. The summed E-state index contributed by atoms with van der Waals surface area (Å²) in [4.78, 5) is 38.6. The zero-order valence-corrected chi connectivity index (χ0v) is 23.2. The third-order valence-electron chi connectivity index (χ3n) is 5.79. The highest BCUT2D eigenvalue weighted by Crippen LogP contribution is 2.40. The topological polar surface area (TPSA) is 151 Å². The summed E-state index contributed by atoms with van der Waals surface area (Å²) in [6.45, 7) is 6.42. The number of hydrogen-bond donors (Lipinski definition) is 2. The van der Waals surface area contributed by atoms with Gasteiger partial charge in [0.25, 0.3) is 0 Å². The molecule has 0 saturated heterocycles. The zero-order valence-electron chi connectivity index (χ0n) is 23.2. The second-order valence-corrected chi connectivity index (χ2v) is 9.43. The number of hydrogen-bond acceptors (Lipinski definition) is 11. The second kappa shape index (κ2) is 13.4. The van der Waals surface area contributed by atoms with Crippen molar-refractivity contribution < 1.29 is 47.9 Å². The Morgan fingerprint density at radius 2 is 1.57 bits per heavy atom. The molecular formula is C29H34O11. The molecule has 40 heavy (non-hydrogen) atoms. The maximum absolute atomic E-state index is 13.8. The summed E-state index contributed by atoms with van der Waals surface area (Å²) >= 11 is 0. The number of fused-ring (bicyclic) bond motifs is 1. The monoisotopic (exact) mass is 558 g/mol. The molecule has 11 heteroatoms. The van der Waals surface area contributed by atoms with Crippen LogP contribution >= 0.6 is 0 Å². The number of carbonyl (C=O) groups is 2. The molecule has 11 nitrogen and oxygen atoms in total. The molecule has 0 unspecified atom stereocenters. The van der Waals surface area contributed by atoms with Crippen molar-refractivity contribution in [2.75, 3.05) is 33.5 Å². The average molecular weight is 559 g/mol. The van der Waals surface area contributed by atoms with E-state index in [1.54, 1.807) is 52.0 Å². The predicted molar refractivity (Wildman–Crippen MR) is 145 cm³/mol. The number of phenols is 1. The van der Waals surface area contributed by atoms with Crippen LogP contribution < -0.4 is 19.6 Å². The fourth-order valence-electron chi connectivity index (χ4n) is 3.81. The van der Waals surface area contributed by atoms with Gasteiger partial charge < -0.3 is 38.3 Å². The molecule has 0 atom stereocenters. The highest BCUT2D eigenvalue weighted by molar-refractivity contribution is 5.92. The number of aliphatic hydroxyl groups is 1. The molecule has 3 aromatic rings. The third-order valence-corrected chi connectivity index (χ3v) is 5.79. The number of aromatic hydroxyl groups is 1. The lowest BCUT2D eigenvalue weighted by atomic mass is 9.96.